The molecule has 6 rings (SSSR count). The van der Waals surface area contributed by atoms with Crippen molar-refractivity contribution in [1.82, 2.24) is 29.5 Å². The van der Waals surface area contributed by atoms with Gasteiger partial charge in [-0.25, -0.2) is 19.5 Å². The van der Waals surface area contributed by atoms with Gasteiger partial charge in [0.05, 0.1) is 35.3 Å². The number of nitrogens with two attached hydrogens (primary N) is 2. The Bertz CT molecular complexity index is 1330. The van der Waals surface area contributed by atoms with E-state index in [0.717, 1.165) is 59.5 Å². The monoisotopic (exact) mass is 431 g/mol. The van der Waals surface area contributed by atoms with Crippen LogP contribution in [0.3, 0.4) is 0 Å². The first kappa shape index (κ1) is 19.2. The summed E-state index contributed by atoms with van der Waals surface area (Å²) in [6.07, 6.45) is 4.14. The smallest absolute Gasteiger partial charge is 0.184 e. The highest BCUT2D eigenvalue weighted by Gasteiger charge is 2.33. The Labute approximate surface area is 184 Å². The molecule has 0 aromatic carbocycles. The molecule has 0 aliphatic carbocycles. The normalized spacial score (nSPS) is 21.5. The molecule has 4 N–H and O–H groups in total. The summed E-state index contributed by atoms with van der Waals surface area (Å²) in [4.78, 5) is 18.1. The van der Waals surface area contributed by atoms with Crippen molar-refractivity contribution in [1.29, 1.82) is 0 Å². The number of anilines is 3. The number of rotatable bonds is 2. The molecule has 6 heterocycles. The van der Waals surface area contributed by atoms with Crippen LogP contribution >= 0.6 is 0 Å². The van der Waals surface area contributed by atoms with Crippen molar-refractivity contribution in [2.24, 2.45) is 0 Å². The third-order valence-electron chi connectivity index (χ3n) is 6.29. The number of likely N-dealkylation sites (N-methyl/N-ethyl adjacent to an activating group) is 1. The zero-order valence-corrected chi connectivity index (χ0v) is 18.1. The van der Waals surface area contributed by atoms with Gasteiger partial charge < -0.3 is 26.0 Å². The van der Waals surface area contributed by atoms with Crippen molar-refractivity contribution >= 4 is 33.7 Å². The average molecular weight is 432 g/mol. The van der Waals surface area contributed by atoms with Crippen molar-refractivity contribution in [2.75, 3.05) is 49.6 Å². The van der Waals surface area contributed by atoms with Crippen LogP contribution in [-0.2, 0) is 4.74 Å². The van der Waals surface area contributed by atoms with Gasteiger partial charge in [0.2, 0.25) is 0 Å². The highest BCUT2D eigenvalue weighted by molar-refractivity contribution is 6.01. The van der Waals surface area contributed by atoms with E-state index in [1.165, 1.54) is 0 Å². The Kier molecular flexibility index (Phi) is 4.21. The summed E-state index contributed by atoms with van der Waals surface area (Å²) in [5.41, 5.74) is 15.5. The molecule has 4 aromatic rings. The fraction of sp³-hybridized carbons (Fsp3) is 0.364. The van der Waals surface area contributed by atoms with E-state index >= 15 is 0 Å². The Morgan fingerprint density at radius 2 is 1.81 bits per heavy atom. The van der Waals surface area contributed by atoms with Gasteiger partial charge in [-0.2, -0.15) is 0 Å². The second-order valence-corrected chi connectivity index (χ2v) is 8.74. The number of morpholine rings is 2. The molecular formula is C22H25N9O. The molecule has 0 spiro atoms. The number of nitrogens with zero attached hydrogens (tertiary/aromatic N) is 7. The van der Waals surface area contributed by atoms with Crippen LogP contribution in [0.15, 0.2) is 30.6 Å². The lowest BCUT2D eigenvalue weighted by Crippen LogP contribution is -2.58. The van der Waals surface area contributed by atoms with Crippen LogP contribution in [0.2, 0.25) is 0 Å². The number of hydrogen-bond donors (Lipinski definition) is 2. The largest absolute Gasteiger partial charge is 0.384 e. The molecule has 10 heteroatoms. The van der Waals surface area contributed by atoms with Gasteiger partial charge >= 0.3 is 0 Å². The van der Waals surface area contributed by atoms with Gasteiger partial charge in [-0.05, 0) is 32.2 Å². The SMILES string of the molecule is Cc1nc(N)c2cnc(N)cc2c1-c1nc2ccc(N3CC4CN(C)CC(C3)O4)cn2n1. The van der Waals surface area contributed by atoms with E-state index in [1.807, 2.05) is 23.7 Å². The lowest BCUT2D eigenvalue weighted by molar-refractivity contribution is -0.0875. The van der Waals surface area contributed by atoms with Crippen LogP contribution in [0, 0.1) is 6.92 Å². The number of nitrogen functional groups attached to an aromatic ring is 2. The Balaban J connectivity index is 1.41. The first-order valence-electron chi connectivity index (χ1n) is 10.7. The summed E-state index contributed by atoms with van der Waals surface area (Å²) in [6.45, 7) is 5.55. The Morgan fingerprint density at radius 1 is 1.03 bits per heavy atom. The number of ether oxygens (including phenoxy) is 1. The van der Waals surface area contributed by atoms with Gasteiger partial charge in [0.1, 0.15) is 11.6 Å². The number of aryl methyl sites for hydroxylation is 1. The maximum Gasteiger partial charge on any atom is 0.184 e. The number of fused-ring (bicyclic) bond motifs is 4. The minimum atomic E-state index is 0.225. The van der Waals surface area contributed by atoms with Gasteiger partial charge in [0.15, 0.2) is 11.5 Å². The molecule has 2 aliphatic heterocycles. The molecule has 0 saturated carbocycles. The Hall–Kier alpha value is -3.50. The zero-order valence-electron chi connectivity index (χ0n) is 18.1. The predicted octanol–water partition coefficient (Wildman–Crippen LogP) is 1.33. The minimum absolute atomic E-state index is 0.225. The van der Waals surface area contributed by atoms with Gasteiger partial charge in [0.25, 0.3) is 0 Å². The van der Waals surface area contributed by atoms with Gasteiger partial charge in [-0.15, -0.1) is 5.10 Å². The molecule has 0 amide bonds. The molecule has 2 saturated heterocycles. The van der Waals surface area contributed by atoms with Crippen LogP contribution in [0.4, 0.5) is 17.3 Å². The lowest BCUT2D eigenvalue weighted by atomic mass is 10.1. The standard InChI is InChI=1S/C22H25N9O/c1-12-20(16-5-18(23)25-6-17(16)21(24)26-12)22-27-19-4-3-13(7-31(19)28-22)30-10-14-8-29(2)9-15(11-30)32-14/h3-7,14-15H,8-11H2,1-2H3,(H2,23,25)(H2,24,26). The number of aromatic nitrogens is 5. The van der Waals surface area contributed by atoms with Gasteiger partial charge in [0, 0.05) is 43.1 Å². The van der Waals surface area contributed by atoms with E-state index in [9.17, 15) is 0 Å². The van der Waals surface area contributed by atoms with Crippen LogP contribution in [0.1, 0.15) is 5.69 Å². The van der Waals surface area contributed by atoms with E-state index in [-0.39, 0.29) is 12.2 Å². The molecule has 2 aliphatic rings. The zero-order chi connectivity index (χ0) is 22.0. The fourth-order valence-electron chi connectivity index (χ4n) is 4.93. The highest BCUT2D eigenvalue weighted by Crippen LogP contribution is 2.33. The van der Waals surface area contributed by atoms with E-state index in [0.29, 0.717) is 17.5 Å². The van der Waals surface area contributed by atoms with Crippen LogP contribution in [-0.4, -0.2) is 74.9 Å². The Morgan fingerprint density at radius 3 is 2.59 bits per heavy atom. The summed E-state index contributed by atoms with van der Waals surface area (Å²) >= 11 is 0. The molecule has 164 valence electrons. The molecule has 2 bridgehead atoms. The van der Waals surface area contributed by atoms with Crippen LogP contribution in [0.5, 0.6) is 0 Å². The third-order valence-corrected chi connectivity index (χ3v) is 6.29. The van der Waals surface area contributed by atoms with Crippen molar-refractivity contribution in [3.8, 4) is 11.4 Å². The van der Waals surface area contributed by atoms with E-state index in [1.54, 1.807) is 12.3 Å². The summed E-state index contributed by atoms with van der Waals surface area (Å²) in [5.74, 6) is 1.42. The number of hydrogen-bond acceptors (Lipinski definition) is 9. The topological polar surface area (TPSA) is 124 Å². The molecule has 4 aromatic heterocycles. The molecule has 0 radical (unpaired) electrons. The van der Waals surface area contributed by atoms with Gasteiger partial charge in [-0.3, -0.25) is 0 Å². The molecule has 2 unspecified atom stereocenters. The maximum atomic E-state index is 6.12. The highest BCUT2D eigenvalue weighted by atomic mass is 16.5. The lowest BCUT2D eigenvalue weighted by Gasteiger charge is -2.45. The average Bonchev–Trinajstić information content (AvgIpc) is 3.15. The van der Waals surface area contributed by atoms with Crippen LogP contribution in [0.25, 0.3) is 27.8 Å². The molecule has 2 atom stereocenters. The minimum Gasteiger partial charge on any atom is -0.384 e. The summed E-state index contributed by atoms with van der Waals surface area (Å²) < 4.78 is 7.94. The van der Waals surface area contributed by atoms with E-state index in [4.69, 9.17) is 26.3 Å². The fourth-order valence-corrected chi connectivity index (χ4v) is 4.93. The predicted molar refractivity (Wildman–Crippen MR) is 123 cm³/mol. The van der Waals surface area contributed by atoms with E-state index < -0.39 is 0 Å². The molecule has 2 fully saturated rings. The van der Waals surface area contributed by atoms with Crippen molar-refractivity contribution in [2.45, 2.75) is 19.1 Å². The second-order valence-electron chi connectivity index (χ2n) is 8.74. The van der Waals surface area contributed by atoms with Crippen molar-refractivity contribution in [3.63, 3.8) is 0 Å². The van der Waals surface area contributed by atoms with Crippen molar-refractivity contribution < 1.29 is 4.74 Å². The third kappa shape index (κ3) is 3.10. The first-order valence-corrected chi connectivity index (χ1v) is 10.7. The van der Waals surface area contributed by atoms with E-state index in [2.05, 4.69) is 32.9 Å². The summed E-state index contributed by atoms with van der Waals surface area (Å²) in [6, 6.07) is 5.91. The van der Waals surface area contributed by atoms with Crippen LogP contribution < -0.4 is 16.4 Å². The summed E-state index contributed by atoms with van der Waals surface area (Å²) in [5, 5.41) is 6.38. The maximum absolute atomic E-state index is 6.12. The molecule has 32 heavy (non-hydrogen) atoms. The quantitative estimate of drug-likeness (QED) is 0.484. The molecule has 10 nitrogen and oxygen atoms in total. The van der Waals surface area contributed by atoms with Gasteiger partial charge in [-0.1, -0.05) is 0 Å². The first-order chi connectivity index (χ1) is 15.4. The summed E-state index contributed by atoms with van der Waals surface area (Å²) in [7, 11) is 2.16. The number of pyridine rings is 3. The molecular weight excluding hydrogens is 406 g/mol. The second kappa shape index (κ2) is 7.01. The van der Waals surface area contributed by atoms with Crippen molar-refractivity contribution in [3.05, 3.63) is 36.3 Å².